The summed E-state index contributed by atoms with van der Waals surface area (Å²) in [6.45, 7) is 4.18. The fourth-order valence-corrected chi connectivity index (χ4v) is 3.49. The highest BCUT2D eigenvalue weighted by atomic mass is 32.2. The molecular formula is C20H20N2OS. The van der Waals surface area contributed by atoms with Gasteiger partial charge in [0, 0.05) is 11.1 Å². The van der Waals surface area contributed by atoms with Crippen LogP contribution in [0, 0.1) is 6.92 Å². The van der Waals surface area contributed by atoms with Crippen molar-refractivity contribution >= 4 is 34.3 Å². The van der Waals surface area contributed by atoms with Crippen LogP contribution in [0.5, 0.6) is 0 Å². The number of para-hydroxylation sites is 2. The highest BCUT2D eigenvalue weighted by Gasteiger charge is 2.10. The van der Waals surface area contributed by atoms with Crippen molar-refractivity contribution in [2.75, 3.05) is 11.1 Å². The van der Waals surface area contributed by atoms with Gasteiger partial charge in [-0.05, 0) is 42.7 Å². The van der Waals surface area contributed by atoms with E-state index >= 15 is 0 Å². The van der Waals surface area contributed by atoms with Gasteiger partial charge < -0.3 is 5.32 Å². The number of fused-ring (bicyclic) bond motifs is 1. The maximum Gasteiger partial charge on any atom is 0.234 e. The van der Waals surface area contributed by atoms with Crippen LogP contribution < -0.4 is 5.32 Å². The monoisotopic (exact) mass is 336 g/mol. The Morgan fingerprint density at radius 1 is 1.12 bits per heavy atom. The Balaban J connectivity index is 1.76. The first-order chi connectivity index (χ1) is 11.7. The predicted octanol–water partition coefficient (Wildman–Crippen LogP) is 4.84. The normalized spacial score (nSPS) is 10.8. The zero-order valence-electron chi connectivity index (χ0n) is 13.9. The van der Waals surface area contributed by atoms with Gasteiger partial charge in [0.2, 0.25) is 5.91 Å². The molecule has 122 valence electrons. The summed E-state index contributed by atoms with van der Waals surface area (Å²) in [4.78, 5) is 17.0. The molecule has 0 radical (unpaired) electrons. The highest BCUT2D eigenvalue weighted by Crippen LogP contribution is 2.27. The van der Waals surface area contributed by atoms with Gasteiger partial charge in [0.25, 0.3) is 0 Å². The smallest absolute Gasteiger partial charge is 0.234 e. The third-order valence-electron chi connectivity index (χ3n) is 3.87. The number of carbonyl (C=O) groups is 1. The fraction of sp³-hybridized carbons (Fsp3) is 0.200. The largest absolute Gasteiger partial charge is 0.325 e. The molecule has 0 atom stereocenters. The Bertz CT molecular complexity index is 862. The highest BCUT2D eigenvalue weighted by molar-refractivity contribution is 8.00. The van der Waals surface area contributed by atoms with Gasteiger partial charge in [-0.3, -0.25) is 4.79 Å². The van der Waals surface area contributed by atoms with Crippen LogP contribution in [0.4, 0.5) is 5.69 Å². The van der Waals surface area contributed by atoms with Crippen molar-refractivity contribution in [3.05, 3.63) is 65.7 Å². The Morgan fingerprint density at radius 3 is 2.67 bits per heavy atom. The predicted molar refractivity (Wildman–Crippen MR) is 102 cm³/mol. The lowest BCUT2D eigenvalue weighted by atomic mass is 10.1. The van der Waals surface area contributed by atoms with Crippen molar-refractivity contribution in [1.82, 2.24) is 4.98 Å². The lowest BCUT2D eigenvalue weighted by Crippen LogP contribution is -2.14. The van der Waals surface area contributed by atoms with E-state index in [1.54, 1.807) is 0 Å². The number of rotatable bonds is 5. The third kappa shape index (κ3) is 3.77. The summed E-state index contributed by atoms with van der Waals surface area (Å²) in [6.07, 6.45) is 0.902. The Labute approximate surface area is 146 Å². The lowest BCUT2D eigenvalue weighted by molar-refractivity contribution is -0.113. The number of anilines is 1. The SMILES string of the molecule is CCc1cc2cccc(C)c2nc1SCC(=O)Nc1ccccc1. The number of amides is 1. The standard InChI is InChI=1S/C20H20N2OS/c1-3-15-12-16-9-7-8-14(2)19(16)22-20(15)24-13-18(23)21-17-10-5-4-6-11-17/h4-12H,3,13H2,1-2H3,(H,21,23). The minimum atomic E-state index is -0.0140. The minimum Gasteiger partial charge on any atom is -0.325 e. The number of hydrogen-bond acceptors (Lipinski definition) is 3. The molecule has 1 aromatic heterocycles. The maximum absolute atomic E-state index is 12.2. The topological polar surface area (TPSA) is 42.0 Å². The van der Waals surface area contributed by atoms with Crippen LogP contribution in [-0.2, 0) is 11.2 Å². The molecule has 0 aliphatic heterocycles. The van der Waals surface area contributed by atoms with E-state index in [1.165, 1.54) is 17.3 Å². The number of nitrogens with one attached hydrogen (secondary N) is 1. The molecule has 0 aliphatic carbocycles. The second kappa shape index (κ2) is 7.49. The molecule has 2 aromatic carbocycles. The summed E-state index contributed by atoms with van der Waals surface area (Å²) < 4.78 is 0. The molecule has 4 heteroatoms. The molecule has 0 bridgehead atoms. The van der Waals surface area contributed by atoms with E-state index in [9.17, 15) is 4.79 Å². The van der Waals surface area contributed by atoms with E-state index in [4.69, 9.17) is 4.98 Å². The zero-order valence-corrected chi connectivity index (χ0v) is 14.7. The van der Waals surface area contributed by atoms with E-state index in [1.807, 2.05) is 30.3 Å². The second-order valence-electron chi connectivity index (χ2n) is 5.66. The fourth-order valence-electron chi connectivity index (χ4n) is 2.60. The van der Waals surface area contributed by atoms with Crippen molar-refractivity contribution < 1.29 is 4.79 Å². The first-order valence-electron chi connectivity index (χ1n) is 8.04. The van der Waals surface area contributed by atoms with Gasteiger partial charge in [0.05, 0.1) is 11.3 Å². The number of hydrogen-bond donors (Lipinski definition) is 1. The number of aryl methyl sites for hydroxylation is 2. The summed E-state index contributed by atoms with van der Waals surface area (Å²) in [7, 11) is 0. The van der Waals surface area contributed by atoms with Gasteiger partial charge >= 0.3 is 0 Å². The van der Waals surface area contributed by atoms with Crippen molar-refractivity contribution in [3.8, 4) is 0 Å². The van der Waals surface area contributed by atoms with Crippen LogP contribution >= 0.6 is 11.8 Å². The molecule has 1 heterocycles. The van der Waals surface area contributed by atoms with E-state index in [2.05, 4.69) is 43.4 Å². The molecule has 3 nitrogen and oxygen atoms in total. The van der Waals surface area contributed by atoms with Crippen LogP contribution in [0.2, 0.25) is 0 Å². The Kier molecular flexibility index (Phi) is 5.16. The molecular weight excluding hydrogens is 316 g/mol. The first-order valence-corrected chi connectivity index (χ1v) is 9.03. The summed E-state index contributed by atoms with van der Waals surface area (Å²) >= 11 is 1.50. The van der Waals surface area contributed by atoms with E-state index in [0.717, 1.165) is 33.6 Å². The van der Waals surface area contributed by atoms with Gasteiger partial charge in [-0.2, -0.15) is 0 Å². The molecule has 0 fully saturated rings. The van der Waals surface area contributed by atoms with Gasteiger partial charge in [-0.25, -0.2) is 4.98 Å². The molecule has 3 aromatic rings. The minimum absolute atomic E-state index is 0.0140. The third-order valence-corrected chi connectivity index (χ3v) is 4.90. The molecule has 0 saturated carbocycles. The number of aromatic nitrogens is 1. The van der Waals surface area contributed by atoms with Crippen molar-refractivity contribution in [1.29, 1.82) is 0 Å². The molecule has 0 spiro atoms. The van der Waals surface area contributed by atoms with Crippen LogP contribution in [0.15, 0.2) is 59.6 Å². The van der Waals surface area contributed by atoms with Crippen LogP contribution in [0.3, 0.4) is 0 Å². The van der Waals surface area contributed by atoms with Crippen molar-refractivity contribution in [2.45, 2.75) is 25.3 Å². The molecule has 0 saturated heterocycles. The summed E-state index contributed by atoms with van der Waals surface area (Å²) in [5, 5.41) is 5.01. The maximum atomic E-state index is 12.2. The quantitative estimate of drug-likeness (QED) is 0.678. The van der Waals surface area contributed by atoms with Gasteiger partial charge in [0.1, 0.15) is 5.03 Å². The first kappa shape index (κ1) is 16.5. The average Bonchev–Trinajstić information content (AvgIpc) is 2.60. The molecule has 1 amide bonds. The molecule has 3 rings (SSSR count). The number of nitrogens with zero attached hydrogens (tertiary/aromatic N) is 1. The zero-order chi connectivity index (χ0) is 16.9. The molecule has 0 unspecified atom stereocenters. The molecule has 0 aliphatic rings. The summed E-state index contributed by atoms with van der Waals surface area (Å²) in [5.74, 6) is 0.340. The van der Waals surface area contributed by atoms with Crippen LogP contribution in [-0.4, -0.2) is 16.6 Å². The Morgan fingerprint density at radius 2 is 1.92 bits per heavy atom. The molecule has 1 N–H and O–H groups in total. The van der Waals surface area contributed by atoms with Crippen LogP contribution in [0.25, 0.3) is 10.9 Å². The van der Waals surface area contributed by atoms with E-state index in [0.29, 0.717) is 5.75 Å². The average molecular weight is 336 g/mol. The number of carbonyl (C=O) groups excluding carboxylic acids is 1. The number of pyridine rings is 1. The van der Waals surface area contributed by atoms with Gasteiger partial charge in [0.15, 0.2) is 0 Å². The molecule has 24 heavy (non-hydrogen) atoms. The number of thioether (sulfide) groups is 1. The van der Waals surface area contributed by atoms with Crippen LogP contribution in [0.1, 0.15) is 18.1 Å². The lowest BCUT2D eigenvalue weighted by Gasteiger charge is -2.10. The Hall–Kier alpha value is -2.33. The number of benzene rings is 2. The van der Waals surface area contributed by atoms with Crippen molar-refractivity contribution in [2.24, 2.45) is 0 Å². The van der Waals surface area contributed by atoms with Crippen molar-refractivity contribution in [3.63, 3.8) is 0 Å². The summed E-state index contributed by atoms with van der Waals surface area (Å²) in [6, 6.07) is 17.9. The van der Waals surface area contributed by atoms with E-state index < -0.39 is 0 Å². The summed E-state index contributed by atoms with van der Waals surface area (Å²) in [5.41, 5.74) is 4.18. The second-order valence-corrected chi connectivity index (χ2v) is 6.62. The van der Waals surface area contributed by atoms with E-state index in [-0.39, 0.29) is 5.91 Å². The van der Waals surface area contributed by atoms with Gasteiger partial charge in [-0.1, -0.05) is 55.1 Å². The van der Waals surface area contributed by atoms with Gasteiger partial charge in [-0.15, -0.1) is 0 Å².